The van der Waals surface area contributed by atoms with Gasteiger partial charge in [0.2, 0.25) is 0 Å². The van der Waals surface area contributed by atoms with E-state index in [9.17, 15) is 4.39 Å². The number of halogens is 1. The van der Waals surface area contributed by atoms with Crippen LogP contribution in [0.4, 0.5) is 10.1 Å². The van der Waals surface area contributed by atoms with Gasteiger partial charge in [-0.3, -0.25) is 4.99 Å². The summed E-state index contributed by atoms with van der Waals surface area (Å²) in [6, 6.07) is 13.1. The molecule has 0 radical (unpaired) electrons. The number of rotatable bonds is 3. The van der Waals surface area contributed by atoms with Crippen LogP contribution in [0.25, 0.3) is 0 Å². The highest BCUT2D eigenvalue weighted by Gasteiger charge is 2.04. The van der Waals surface area contributed by atoms with Crippen molar-refractivity contribution in [3.63, 3.8) is 0 Å². The van der Waals surface area contributed by atoms with Gasteiger partial charge in [-0.25, -0.2) is 9.38 Å². The molecule has 0 aromatic heterocycles. The van der Waals surface area contributed by atoms with Crippen molar-refractivity contribution in [3.8, 4) is 0 Å². The Labute approximate surface area is 144 Å². The van der Waals surface area contributed by atoms with Crippen molar-refractivity contribution >= 4 is 17.7 Å². The van der Waals surface area contributed by atoms with Gasteiger partial charge in [-0.2, -0.15) is 0 Å². The van der Waals surface area contributed by atoms with Crippen LogP contribution in [0.5, 0.6) is 0 Å². The fourth-order valence-corrected chi connectivity index (χ4v) is 1.84. The molecule has 0 spiro atoms. The van der Waals surface area contributed by atoms with Crippen molar-refractivity contribution in [3.05, 3.63) is 65.0 Å². The molecule has 0 unspecified atom stereocenters. The van der Waals surface area contributed by atoms with Crippen LogP contribution in [0.3, 0.4) is 0 Å². The Kier molecular flexibility index (Phi) is 8.41. The first kappa shape index (κ1) is 19.6. The van der Waals surface area contributed by atoms with Crippen molar-refractivity contribution in [1.82, 2.24) is 0 Å². The third-order valence-corrected chi connectivity index (χ3v) is 3.32. The highest BCUT2D eigenvalue weighted by molar-refractivity contribution is 6.03. The number of benzene rings is 2. The molecule has 2 aromatic rings. The minimum Gasteiger partial charge on any atom is -0.396 e. The van der Waals surface area contributed by atoms with E-state index in [0.717, 1.165) is 12.8 Å². The number of amidine groups is 1. The van der Waals surface area contributed by atoms with Crippen molar-refractivity contribution in [2.45, 2.75) is 33.6 Å². The average molecular weight is 327 g/mol. The highest BCUT2D eigenvalue weighted by atomic mass is 19.1. The lowest BCUT2D eigenvalue weighted by Crippen LogP contribution is -2.00. The lowest BCUT2D eigenvalue weighted by atomic mass is 10.2. The smallest absolute Gasteiger partial charge is 0.154 e. The van der Waals surface area contributed by atoms with Crippen LogP contribution in [-0.4, -0.2) is 19.1 Å². The topological polar surface area (TPSA) is 50.7 Å². The van der Waals surface area contributed by atoms with Gasteiger partial charge < -0.3 is 5.73 Å². The summed E-state index contributed by atoms with van der Waals surface area (Å²) in [6.07, 6.45) is 3.70. The van der Waals surface area contributed by atoms with E-state index in [4.69, 9.17) is 5.73 Å². The van der Waals surface area contributed by atoms with Crippen LogP contribution in [0.15, 0.2) is 52.4 Å². The maximum absolute atomic E-state index is 13.2. The average Bonchev–Trinajstić information content (AvgIpc) is 2.58. The lowest BCUT2D eigenvalue weighted by molar-refractivity contribution is 0.632. The minimum absolute atomic E-state index is 0.136. The van der Waals surface area contributed by atoms with Gasteiger partial charge in [0, 0.05) is 18.8 Å². The SMILES string of the molecule is CCCC=NC(=NC)c1ccc(N)c(F)c1.Cc1ccc(C)cc1. The molecule has 0 saturated heterocycles. The van der Waals surface area contributed by atoms with Gasteiger partial charge in [-0.05, 0) is 38.5 Å². The zero-order valence-corrected chi connectivity index (χ0v) is 14.9. The molecule has 128 valence electrons. The molecule has 0 bridgehead atoms. The molecule has 0 aliphatic rings. The summed E-state index contributed by atoms with van der Waals surface area (Å²) in [7, 11) is 1.63. The van der Waals surface area contributed by atoms with E-state index >= 15 is 0 Å². The van der Waals surface area contributed by atoms with Gasteiger partial charge in [-0.15, -0.1) is 0 Å². The molecular weight excluding hydrogens is 301 g/mol. The molecule has 0 saturated carbocycles. The van der Waals surface area contributed by atoms with E-state index in [-0.39, 0.29) is 5.69 Å². The van der Waals surface area contributed by atoms with Gasteiger partial charge >= 0.3 is 0 Å². The number of nitrogens with two attached hydrogens (primary N) is 1. The van der Waals surface area contributed by atoms with Gasteiger partial charge in [-0.1, -0.05) is 48.7 Å². The largest absolute Gasteiger partial charge is 0.396 e. The molecule has 2 rings (SSSR count). The number of aliphatic imine (C=N–C) groups is 2. The van der Waals surface area contributed by atoms with Crippen LogP contribution in [0.1, 0.15) is 36.5 Å². The Morgan fingerprint density at radius 1 is 1.08 bits per heavy atom. The lowest BCUT2D eigenvalue weighted by Gasteiger charge is -2.02. The molecule has 0 amide bonds. The summed E-state index contributed by atoms with van der Waals surface area (Å²) in [6.45, 7) is 6.26. The number of unbranched alkanes of at least 4 members (excludes halogenated alkanes) is 1. The normalized spacial score (nSPS) is 11.3. The Bertz CT molecular complexity index is 668. The van der Waals surface area contributed by atoms with Crippen LogP contribution in [0, 0.1) is 19.7 Å². The van der Waals surface area contributed by atoms with Crippen molar-refractivity contribution in [2.75, 3.05) is 12.8 Å². The highest BCUT2D eigenvalue weighted by Crippen LogP contribution is 2.13. The Morgan fingerprint density at radius 3 is 2.12 bits per heavy atom. The fourth-order valence-electron chi connectivity index (χ4n) is 1.84. The third kappa shape index (κ3) is 6.73. The summed E-state index contributed by atoms with van der Waals surface area (Å²) >= 11 is 0. The van der Waals surface area contributed by atoms with E-state index in [1.54, 1.807) is 19.3 Å². The summed E-state index contributed by atoms with van der Waals surface area (Å²) in [5.41, 5.74) is 8.83. The molecule has 3 nitrogen and oxygen atoms in total. The van der Waals surface area contributed by atoms with Crippen LogP contribution in [0.2, 0.25) is 0 Å². The number of hydrogen-bond donors (Lipinski definition) is 1. The van der Waals surface area contributed by atoms with Crippen molar-refractivity contribution in [1.29, 1.82) is 0 Å². The zero-order chi connectivity index (χ0) is 17.9. The van der Waals surface area contributed by atoms with Gasteiger partial charge in [0.25, 0.3) is 0 Å². The van der Waals surface area contributed by atoms with Gasteiger partial charge in [0.15, 0.2) is 5.84 Å². The molecule has 24 heavy (non-hydrogen) atoms. The molecule has 4 heteroatoms. The van der Waals surface area contributed by atoms with E-state index in [2.05, 4.69) is 55.0 Å². The standard InChI is InChI=1S/C12H16FN3.C8H10/c1-3-4-7-16-12(15-2)9-5-6-11(14)10(13)8-9;1-7-3-5-8(2)6-4-7/h5-8H,3-4,14H2,1-2H3;3-6H,1-2H3. The Hall–Kier alpha value is -2.49. The quantitative estimate of drug-likeness (QED) is 0.483. The van der Waals surface area contributed by atoms with E-state index in [1.807, 2.05) is 0 Å². The maximum atomic E-state index is 13.2. The number of anilines is 1. The Morgan fingerprint density at radius 2 is 1.67 bits per heavy atom. The fraction of sp³-hybridized carbons (Fsp3) is 0.300. The first-order valence-corrected chi connectivity index (χ1v) is 8.06. The predicted molar refractivity (Wildman–Crippen MR) is 103 cm³/mol. The maximum Gasteiger partial charge on any atom is 0.154 e. The molecule has 0 atom stereocenters. The monoisotopic (exact) mass is 327 g/mol. The van der Waals surface area contributed by atoms with E-state index < -0.39 is 5.82 Å². The third-order valence-electron chi connectivity index (χ3n) is 3.32. The van der Waals surface area contributed by atoms with Crippen molar-refractivity contribution < 1.29 is 4.39 Å². The number of aryl methyl sites for hydroxylation is 2. The number of nitrogens with zero attached hydrogens (tertiary/aromatic N) is 2. The molecule has 0 fully saturated rings. The zero-order valence-electron chi connectivity index (χ0n) is 14.9. The molecule has 0 aliphatic carbocycles. The van der Waals surface area contributed by atoms with Gasteiger partial charge in [0.05, 0.1) is 5.69 Å². The Balaban J connectivity index is 0.000000300. The molecule has 2 N–H and O–H groups in total. The van der Waals surface area contributed by atoms with E-state index in [1.165, 1.54) is 23.3 Å². The number of nitrogen functional groups attached to an aromatic ring is 1. The van der Waals surface area contributed by atoms with Crippen LogP contribution < -0.4 is 5.73 Å². The minimum atomic E-state index is -0.440. The molecule has 0 aliphatic heterocycles. The first-order chi connectivity index (χ1) is 11.5. The summed E-state index contributed by atoms with van der Waals surface area (Å²) in [5, 5.41) is 0. The molecule has 2 aromatic carbocycles. The second-order valence-electron chi connectivity index (χ2n) is 5.54. The second-order valence-corrected chi connectivity index (χ2v) is 5.54. The first-order valence-electron chi connectivity index (χ1n) is 8.06. The summed E-state index contributed by atoms with van der Waals surface area (Å²) in [5.74, 6) is 0.0803. The van der Waals surface area contributed by atoms with Gasteiger partial charge in [0.1, 0.15) is 5.82 Å². The van der Waals surface area contributed by atoms with Crippen molar-refractivity contribution in [2.24, 2.45) is 9.98 Å². The molecular formula is C20H26FN3. The van der Waals surface area contributed by atoms with Crippen LogP contribution >= 0.6 is 0 Å². The van der Waals surface area contributed by atoms with E-state index in [0.29, 0.717) is 11.4 Å². The number of hydrogen-bond acceptors (Lipinski definition) is 2. The summed E-state index contributed by atoms with van der Waals surface area (Å²) in [4.78, 5) is 8.20. The van der Waals surface area contributed by atoms with Crippen LogP contribution in [-0.2, 0) is 0 Å². The summed E-state index contributed by atoms with van der Waals surface area (Å²) < 4.78 is 13.2. The second kappa shape index (κ2) is 10.3. The molecule has 0 heterocycles. The predicted octanol–water partition coefficient (Wildman–Crippen LogP) is 4.96.